The van der Waals surface area contributed by atoms with Gasteiger partial charge in [-0.1, -0.05) is 19.1 Å². The van der Waals surface area contributed by atoms with Crippen molar-refractivity contribution in [3.8, 4) is 11.1 Å². The monoisotopic (exact) mass is 883 g/mol. The predicted molar refractivity (Wildman–Crippen MR) is 231 cm³/mol. The number of likely N-dealkylation sites (tertiary alicyclic amines) is 1. The predicted octanol–water partition coefficient (Wildman–Crippen LogP) is 3.88. The Labute approximate surface area is 362 Å². The van der Waals surface area contributed by atoms with Crippen LogP contribution in [-0.2, 0) is 24.6 Å². The van der Waals surface area contributed by atoms with E-state index in [1.54, 1.807) is 31.6 Å². The second kappa shape index (κ2) is 18.1. The van der Waals surface area contributed by atoms with Gasteiger partial charge in [0.25, 0.3) is 0 Å². The van der Waals surface area contributed by atoms with Crippen LogP contribution in [0.15, 0.2) is 67.3 Å². The molecule has 3 saturated heterocycles. The third-order valence-electron chi connectivity index (χ3n) is 12.0. The fourth-order valence-electron chi connectivity index (χ4n) is 8.10. The molecule has 17 nitrogen and oxygen atoms in total. The van der Waals surface area contributed by atoms with Crippen molar-refractivity contribution in [3.63, 3.8) is 0 Å². The number of hydrogen-bond donors (Lipinski definition) is 4. The molecule has 3 aliphatic rings. The Kier molecular flexibility index (Phi) is 12.5. The molecule has 0 aliphatic carbocycles. The molecule has 3 fully saturated rings. The molecule has 4 N–H and O–H groups in total. The SMILES string of the molecule is CCN(C)S(=O)(=O)Nc1ccc(F)c(C(=O)c2c[nH]c3ncc(-c4cnc(N5CCN(C(=O)CN6CCC(c7ccc(N[C@H]8CCC(=O)NC8=O)cc7)CC6)CC5)nc4)cc23)c1F. The Hall–Kier alpha value is -6.38. The molecule has 20 heteroatoms. The number of benzene rings is 2. The van der Waals surface area contributed by atoms with E-state index in [2.05, 4.69) is 52.3 Å². The Morgan fingerprint density at radius 2 is 1.60 bits per heavy atom. The minimum Gasteiger partial charge on any atom is -0.374 e. The second-order valence-electron chi connectivity index (χ2n) is 15.9. The van der Waals surface area contributed by atoms with Crippen LogP contribution in [-0.4, -0.2) is 131 Å². The molecule has 5 aromatic rings. The maximum Gasteiger partial charge on any atom is 0.301 e. The smallest absolute Gasteiger partial charge is 0.301 e. The Balaban J connectivity index is 0.834. The van der Waals surface area contributed by atoms with Crippen LogP contribution in [0.1, 0.15) is 60.0 Å². The van der Waals surface area contributed by atoms with Crippen molar-refractivity contribution < 1.29 is 36.4 Å². The second-order valence-corrected chi connectivity index (χ2v) is 17.7. The summed E-state index contributed by atoms with van der Waals surface area (Å²) in [6, 6.07) is 11.1. The summed E-state index contributed by atoms with van der Waals surface area (Å²) in [4.78, 5) is 73.0. The van der Waals surface area contributed by atoms with Crippen LogP contribution >= 0.6 is 0 Å². The molecular weight excluding hydrogens is 837 g/mol. The van der Waals surface area contributed by atoms with Gasteiger partial charge in [0.1, 0.15) is 17.5 Å². The number of nitrogens with one attached hydrogen (secondary N) is 4. The van der Waals surface area contributed by atoms with Gasteiger partial charge in [0.15, 0.2) is 5.82 Å². The van der Waals surface area contributed by atoms with Crippen molar-refractivity contribution in [1.82, 2.24) is 39.4 Å². The van der Waals surface area contributed by atoms with E-state index in [0.29, 0.717) is 74.2 Å². The molecule has 0 saturated carbocycles. The topological polar surface area (TPSA) is 206 Å². The van der Waals surface area contributed by atoms with Crippen molar-refractivity contribution in [2.24, 2.45) is 0 Å². The number of halogens is 2. The first-order valence-electron chi connectivity index (χ1n) is 20.8. The number of pyridine rings is 1. The van der Waals surface area contributed by atoms with Crippen LogP contribution < -0.4 is 20.3 Å². The average Bonchev–Trinajstić information content (AvgIpc) is 3.72. The highest BCUT2D eigenvalue weighted by Gasteiger charge is 2.30. The van der Waals surface area contributed by atoms with Gasteiger partial charge in [0.2, 0.25) is 29.5 Å². The van der Waals surface area contributed by atoms with Crippen molar-refractivity contribution in [2.45, 2.75) is 44.6 Å². The Morgan fingerprint density at radius 3 is 2.29 bits per heavy atom. The number of aromatic nitrogens is 4. The van der Waals surface area contributed by atoms with Gasteiger partial charge >= 0.3 is 10.2 Å². The number of amides is 3. The van der Waals surface area contributed by atoms with Crippen LogP contribution in [0.2, 0.25) is 0 Å². The number of aromatic amines is 1. The summed E-state index contributed by atoms with van der Waals surface area (Å²) < 4.78 is 58.7. The van der Waals surface area contributed by atoms with E-state index in [-0.39, 0.29) is 35.2 Å². The molecule has 3 amide bonds. The molecule has 2 aromatic carbocycles. The van der Waals surface area contributed by atoms with Gasteiger partial charge < -0.3 is 20.1 Å². The number of rotatable bonds is 13. The first-order chi connectivity index (χ1) is 30.3. The fourth-order valence-corrected chi connectivity index (χ4v) is 9.03. The minimum atomic E-state index is -4.15. The van der Waals surface area contributed by atoms with E-state index in [4.69, 9.17) is 0 Å². The van der Waals surface area contributed by atoms with E-state index in [9.17, 15) is 27.6 Å². The lowest BCUT2D eigenvalue weighted by Gasteiger charge is -2.37. The average molecular weight is 884 g/mol. The lowest BCUT2D eigenvalue weighted by atomic mass is 9.89. The number of ketones is 1. The Bertz CT molecular complexity index is 2650. The van der Waals surface area contributed by atoms with Gasteiger partial charge in [-0.3, -0.25) is 34.1 Å². The van der Waals surface area contributed by atoms with Gasteiger partial charge in [0, 0.05) is 98.7 Å². The molecule has 3 aromatic heterocycles. The summed E-state index contributed by atoms with van der Waals surface area (Å²) in [7, 11) is -2.86. The van der Waals surface area contributed by atoms with Gasteiger partial charge in [-0.2, -0.15) is 12.7 Å². The van der Waals surface area contributed by atoms with E-state index in [1.807, 2.05) is 21.9 Å². The number of imide groups is 1. The van der Waals surface area contributed by atoms with E-state index < -0.39 is 44.9 Å². The summed E-state index contributed by atoms with van der Waals surface area (Å²) in [6.45, 7) is 5.81. The molecule has 330 valence electrons. The summed E-state index contributed by atoms with van der Waals surface area (Å²) in [6.07, 6.45) is 8.75. The first-order valence-corrected chi connectivity index (χ1v) is 22.2. The third-order valence-corrected chi connectivity index (χ3v) is 13.5. The summed E-state index contributed by atoms with van der Waals surface area (Å²) in [5.41, 5.74) is 1.93. The molecule has 1 atom stereocenters. The van der Waals surface area contributed by atoms with Crippen LogP contribution in [0.5, 0.6) is 0 Å². The zero-order valence-corrected chi connectivity index (χ0v) is 35.6. The molecule has 8 rings (SSSR count). The molecule has 3 aliphatic heterocycles. The quantitative estimate of drug-likeness (QED) is 0.0983. The Morgan fingerprint density at radius 1 is 0.905 bits per heavy atom. The number of carbonyl (C=O) groups excluding carboxylic acids is 4. The van der Waals surface area contributed by atoms with Crippen molar-refractivity contribution in [3.05, 3.63) is 95.6 Å². The van der Waals surface area contributed by atoms with Crippen molar-refractivity contribution in [2.75, 3.05) is 74.3 Å². The van der Waals surface area contributed by atoms with E-state index in [1.165, 1.54) is 18.8 Å². The number of fused-ring (bicyclic) bond motifs is 1. The zero-order valence-electron chi connectivity index (χ0n) is 34.7. The van der Waals surface area contributed by atoms with Crippen molar-refractivity contribution in [1.29, 1.82) is 0 Å². The highest BCUT2D eigenvalue weighted by Crippen LogP contribution is 2.31. The largest absolute Gasteiger partial charge is 0.374 e. The standard InChI is InChI=1S/C43H47F2N11O6S/c1-3-53(2)63(61,62)52-34-9-8-33(44)38(39(34)45)40(59)32-24-47-41-31(32)20-28(21-46-41)29-22-48-43(49-23-29)56-18-16-55(17-19-56)37(58)25-54-14-12-27(13-15-54)26-4-6-30(7-5-26)50-35-10-11-36(57)51-42(35)60/h4-9,20-24,27,35,50,52H,3,10-19,25H2,1-2H3,(H,46,47)(H,51,57,60)/t35-/m0/s1. The molecule has 0 bridgehead atoms. The maximum absolute atomic E-state index is 15.6. The number of hydrogen-bond acceptors (Lipinski definition) is 12. The van der Waals surface area contributed by atoms with Crippen molar-refractivity contribution >= 4 is 62.1 Å². The number of H-pyrrole nitrogens is 1. The lowest BCUT2D eigenvalue weighted by molar-refractivity contribution is -0.134. The van der Waals surface area contributed by atoms with Gasteiger partial charge in [-0.25, -0.2) is 23.7 Å². The first kappa shape index (κ1) is 43.3. The van der Waals surface area contributed by atoms with Crippen LogP contribution in [0, 0.1) is 11.6 Å². The molecule has 6 heterocycles. The number of anilines is 3. The molecular formula is C43H47F2N11O6S. The molecule has 63 heavy (non-hydrogen) atoms. The van der Waals surface area contributed by atoms with E-state index in [0.717, 1.165) is 48.1 Å². The lowest BCUT2D eigenvalue weighted by Crippen LogP contribution is -2.52. The van der Waals surface area contributed by atoms with Crippen LogP contribution in [0.3, 0.4) is 0 Å². The minimum absolute atomic E-state index is 0.0671. The number of carbonyl (C=O) groups is 4. The summed E-state index contributed by atoms with van der Waals surface area (Å²) in [5.74, 6) is -3.09. The van der Waals surface area contributed by atoms with Gasteiger partial charge in [0.05, 0.1) is 17.8 Å². The van der Waals surface area contributed by atoms with E-state index >= 15 is 8.78 Å². The maximum atomic E-state index is 15.6. The zero-order chi connectivity index (χ0) is 44.4. The van der Waals surface area contributed by atoms with Crippen LogP contribution in [0.25, 0.3) is 22.2 Å². The summed E-state index contributed by atoms with van der Waals surface area (Å²) in [5, 5.41) is 5.88. The van der Waals surface area contributed by atoms with Crippen LogP contribution in [0.4, 0.5) is 26.1 Å². The fraction of sp³-hybridized carbons (Fsp3) is 0.372. The summed E-state index contributed by atoms with van der Waals surface area (Å²) >= 11 is 0. The molecule has 0 unspecified atom stereocenters. The van der Waals surface area contributed by atoms with Gasteiger partial charge in [-0.05, 0) is 74.2 Å². The number of nitrogens with zero attached hydrogens (tertiary/aromatic N) is 7. The third kappa shape index (κ3) is 9.37. The number of piperidine rings is 2. The molecule has 0 radical (unpaired) electrons. The highest BCUT2D eigenvalue weighted by atomic mass is 32.2. The normalized spacial score (nSPS) is 17.9. The highest BCUT2D eigenvalue weighted by molar-refractivity contribution is 7.90. The molecule has 0 spiro atoms. The number of piperazine rings is 1. The van der Waals surface area contributed by atoms with Gasteiger partial charge in [-0.15, -0.1) is 0 Å².